The number of H-pyrrole nitrogens is 1. The van der Waals surface area contributed by atoms with Crippen molar-refractivity contribution in [3.63, 3.8) is 0 Å². The van der Waals surface area contributed by atoms with Crippen molar-refractivity contribution in [2.75, 3.05) is 6.54 Å². The summed E-state index contributed by atoms with van der Waals surface area (Å²) in [5.41, 5.74) is 9.21. The van der Waals surface area contributed by atoms with Crippen LogP contribution in [0.5, 0.6) is 0 Å². The molecule has 0 amide bonds. The molecule has 1 N–H and O–H groups in total. The highest BCUT2D eigenvalue weighted by atomic mass is 16.1. The normalized spacial score (nSPS) is 8.60. The highest BCUT2D eigenvalue weighted by Gasteiger charge is 1.94. The molecule has 0 saturated carbocycles. The van der Waals surface area contributed by atoms with E-state index >= 15 is 0 Å². The number of aromatic amines is 1. The fourth-order valence-corrected chi connectivity index (χ4v) is 0.993. The second-order valence-corrected chi connectivity index (χ2v) is 2.93. The van der Waals surface area contributed by atoms with Gasteiger partial charge in [0, 0.05) is 24.1 Å². The first-order valence-corrected chi connectivity index (χ1v) is 4.43. The Morgan fingerprint density at radius 3 is 3.20 bits per heavy atom. The lowest BCUT2D eigenvalue weighted by Crippen LogP contribution is -2.09. The monoisotopic (exact) mass is 202 g/mol. The Morgan fingerprint density at radius 1 is 1.67 bits per heavy atom. The molecule has 0 radical (unpaired) electrons. The number of aromatic nitrogens is 1. The maximum atomic E-state index is 11.3. The van der Waals surface area contributed by atoms with Gasteiger partial charge in [0.2, 0.25) is 0 Å². The molecule has 1 rings (SSSR count). The van der Waals surface area contributed by atoms with Crippen molar-refractivity contribution in [3.05, 3.63) is 44.2 Å². The Hall–Kier alpha value is -2.18. The summed E-state index contributed by atoms with van der Waals surface area (Å²) in [6.07, 6.45) is 2.09. The van der Waals surface area contributed by atoms with Gasteiger partial charge < -0.3 is 4.98 Å². The van der Waals surface area contributed by atoms with Crippen LogP contribution in [0.4, 0.5) is 0 Å². The van der Waals surface area contributed by atoms with Crippen LogP contribution in [-0.2, 0) is 0 Å². The van der Waals surface area contributed by atoms with Crippen LogP contribution in [0, 0.1) is 18.8 Å². The molecular formula is C10H10N4O. The van der Waals surface area contributed by atoms with Gasteiger partial charge in [0.1, 0.15) is 0 Å². The molecule has 1 aromatic rings. The molecule has 5 heteroatoms. The van der Waals surface area contributed by atoms with Crippen molar-refractivity contribution in [2.45, 2.75) is 13.3 Å². The number of pyridine rings is 1. The smallest absolute Gasteiger partial charge is 0.263 e. The van der Waals surface area contributed by atoms with E-state index in [4.69, 9.17) is 5.53 Å². The van der Waals surface area contributed by atoms with E-state index in [0.29, 0.717) is 18.5 Å². The second-order valence-electron chi connectivity index (χ2n) is 2.93. The molecule has 0 aromatic carbocycles. The van der Waals surface area contributed by atoms with E-state index in [1.165, 1.54) is 0 Å². The zero-order valence-corrected chi connectivity index (χ0v) is 8.32. The molecule has 0 saturated heterocycles. The molecule has 0 aliphatic carbocycles. The van der Waals surface area contributed by atoms with Crippen LogP contribution in [0.2, 0.25) is 0 Å². The molecule has 0 bridgehead atoms. The van der Waals surface area contributed by atoms with Crippen LogP contribution >= 0.6 is 0 Å². The third-order valence-electron chi connectivity index (χ3n) is 1.67. The third-order valence-corrected chi connectivity index (χ3v) is 1.67. The van der Waals surface area contributed by atoms with E-state index in [2.05, 4.69) is 26.9 Å². The Labute approximate surface area is 86.8 Å². The first-order chi connectivity index (χ1) is 7.24. The molecule has 0 spiro atoms. The minimum atomic E-state index is -0.197. The van der Waals surface area contributed by atoms with Crippen LogP contribution in [0.1, 0.15) is 17.5 Å². The van der Waals surface area contributed by atoms with Gasteiger partial charge in [-0.3, -0.25) is 4.79 Å². The fourth-order valence-electron chi connectivity index (χ4n) is 0.993. The first kappa shape index (κ1) is 10.9. The Bertz CT molecular complexity index is 500. The SMILES string of the molecule is Cc1c[nH]c(=O)c(C#CCCN=[N+]=[N-])c1. The molecule has 1 aromatic heterocycles. The minimum absolute atomic E-state index is 0.197. The van der Waals surface area contributed by atoms with Gasteiger partial charge in [0.05, 0.1) is 5.56 Å². The molecule has 0 fully saturated rings. The summed E-state index contributed by atoms with van der Waals surface area (Å²) >= 11 is 0. The van der Waals surface area contributed by atoms with E-state index in [-0.39, 0.29) is 5.56 Å². The Balaban J connectivity index is 2.75. The standard InChI is InChI=1S/C10H10N4O/c1-8-6-9(10(15)12-7-8)4-2-3-5-13-14-11/h6-7H,3,5H2,1H3,(H,12,15). The number of rotatable bonds is 2. The van der Waals surface area contributed by atoms with Gasteiger partial charge in [-0.05, 0) is 24.1 Å². The molecule has 1 heterocycles. The average Bonchev–Trinajstić information content (AvgIpc) is 2.23. The van der Waals surface area contributed by atoms with Crippen LogP contribution in [0.25, 0.3) is 10.4 Å². The zero-order chi connectivity index (χ0) is 11.1. The zero-order valence-electron chi connectivity index (χ0n) is 8.32. The summed E-state index contributed by atoms with van der Waals surface area (Å²) in [7, 11) is 0. The number of hydrogen-bond donors (Lipinski definition) is 1. The largest absolute Gasteiger partial charge is 0.328 e. The lowest BCUT2D eigenvalue weighted by Gasteiger charge is -1.91. The van der Waals surface area contributed by atoms with Gasteiger partial charge in [-0.25, -0.2) is 0 Å². The van der Waals surface area contributed by atoms with Gasteiger partial charge in [-0.2, -0.15) is 0 Å². The quantitative estimate of drug-likeness (QED) is 0.256. The van der Waals surface area contributed by atoms with Gasteiger partial charge >= 0.3 is 0 Å². The predicted octanol–water partition coefficient (Wildman–Crippen LogP) is 1.74. The van der Waals surface area contributed by atoms with Gasteiger partial charge in [0.25, 0.3) is 5.56 Å². The van der Waals surface area contributed by atoms with Crippen molar-refractivity contribution in [3.8, 4) is 11.8 Å². The summed E-state index contributed by atoms with van der Waals surface area (Å²) in [6, 6.07) is 1.72. The molecule has 15 heavy (non-hydrogen) atoms. The molecule has 5 nitrogen and oxygen atoms in total. The van der Waals surface area contributed by atoms with Crippen molar-refractivity contribution < 1.29 is 0 Å². The third kappa shape index (κ3) is 3.59. The number of aryl methyl sites for hydroxylation is 1. The van der Waals surface area contributed by atoms with E-state index in [1.807, 2.05) is 6.92 Å². The summed E-state index contributed by atoms with van der Waals surface area (Å²) < 4.78 is 0. The van der Waals surface area contributed by atoms with Gasteiger partial charge in [-0.1, -0.05) is 17.0 Å². The second kappa shape index (κ2) is 5.53. The summed E-state index contributed by atoms with van der Waals surface area (Å²) in [4.78, 5) is 16.4. The minimum Gasteiger partial charge on any atom is -0.328 e. The van der Waals surface area contributed by atoms with E-state index in [0.717, 1.165) is 5.56 Å². The van der Waals surface area contributed by atoms with Crippen LogP contribution in [0.3, 0.4) is 0 Å². The van der Waals surface area contributed by atoms with Crippen LogP contribution < -0.4 is 5.56 Å². The lowest BCUT2D eigenvalue weighted by atomic mass is 10.2. The number of hydrogen-bond acceptors (Lipinski definition) is 2. The summed E-state index contributed by atoms with van der Waals surface area (Å²) in [5.74, 6) is 5.51. The number of nitrogens with one attached hydrogen (secondary N) is 1. The van der Waals surface area contributed by atoms with E-state index in [1.54, 1.807) is 12.3 Å². The molecule has 0 atom stereocenters. The van der Waals surface area contributed by atoms with Crippen molar-refractivity contribution in [2.24, 2.45) is 5.11 Å². The number of nitrogens with zero attached hydrogens (tertiary/aromatic N) is 3. The van der Waals surface area contributed by atoms with Crippen molar-refractivity contribution in [1.29, 1.82) is 0 Å². The van der Waals surface area contributed by atoms with Gasteiger partial charge in [-0.15, -0.1) is 0 Å². The fraction of sp³-hybridized carbons (Fsp3) is 0.300. The Kier molecular flexibility index (Phi) is 4.02. The maximum Gasteiger partial charge on any atom is 0.263 e. The highest BCUT2D eigenvalue weighted by molar-refractivity contribution is 5.33. The maximum absolute atomic E-state index is 11.3. The molecule has 0 unspecified atom stereocenters. The lowest BCUT2D eigenvalue weighted by molar-refractivity contribution is 1.01. The average molecular weight is 202 g/mol. The Morgan fingerprint density at radius 2 is 2.47 bits per heavy atom. The molecular weight excluding hydrogens is 192 g/mol. The highest BCUT2D eigenvalue weighted by Crippen LogP contribution is 1.94. The first-order valence-electron chi connectivity index (χ1n) is 4.43. The van der Waals surface area contributed by atoms with Crippen molar-refractivity contribution >= 4 is 0 Å². The van der Waals surface area contributed by atoms with E-state index in [9.17, 15) is 4.79 Å². The van der Waals surface area contributed by atoms with Crippen molar-refractivity contribution in [1.82, 2.24) is 4.98 Å². The molecule has 76 valence electrons. The number of azide groups is 1. The molecule has 0 aliphatic heterocycles. The summed E-state index contributed by atoms with van der Waals surface area (Å²) in [6.45, 7) is 2.20. The topological polar surface area (TPSA) is 81.6 Å². The van der Waals surface area contributed by atoms with Crippen LogP contribution in [0.15, 0.2) is 22.2 Å². The molecule has 0 aliphatic rings. The van der Waals surface area contributed by atoms with Gasteiger partial charge in [0.15, 0.2) is 0 Å². The van der Waals surface area contributed by atoms with E-state index < -0.39 is 0 Å². The predicted molar refractivity (Wildman–Crippen MR) is 57.3 cm³/mol. The van der Waals surface area contributed by atoms with Crippen LogP contribution in [-0.4, -0.2) is 11.5 Å². The summed E-state index contributed by atoms with van der Waals surface area (Å²) in [5, 5.41) is 3.34.